The molecule has 1 aromatic carbocycles. The highest BCUT2D eigenvalue weighted by Crippen LogP contribution is 2.08. The van der Waals surface area contributed by atoms with Crippen LogP contribution < -0.4 is 5.46 Å². The Bertz CT molecular complexity index is 368. The van der Waals surface area contributed by atoms with Crippen LogP contribution in [-0.4, -0.2) is 60.2 Å². The minimum atomic E-state index is -1.39. The Morgan fingerprint density at radius 1 is 1.16 bits per heavy atom. The number of likely N-dealkylation sites (N-methyl/N-ethyl adjacent to an activating group) is 2. The second kappa shape index (κ2) is 7.65. The van der Waals surface area contributed by atoms with Crippen molar-refractivity contribution in [2.75, 3.05) is 27.2 Å². The molecule has 4 nitrogen and oxygen atoms in total. The fraction of sp³-hybridized carbons (Fsp3) is 0.571. The summed E-state index contributed by atoms with van der Waals surface area (Å²) >= 11 is 0. The summed E-state index contributed by atoms with van der Waals surface area (Å²) < 4.78 is 0. The number of hydrogen-bond acceptors (Lipinski definition) is 4. The van der Waals surface area contributed by atoms with Crippen LogP contribution in [0.25, 0.3) is 0 Å². The van der Waals surface area contributed by atoms with Crippen molar-refractivity contribution in [3.8, 4) is 0 Å². The number of hydrogen-bond donors (Lipinski definition) is 2. The van der Waals surface area contributed by atoms with Crippen LogP contribution in [0.2, 0.25) is 0 Å². The van der Waals surface area contributed by atoms with Crippen LogP contribution in [0.3, 0.4) is 0 Å². The van der Waals surface area contributed by atoms with Crippen LogP contribution in [-0.2, 0) is 6.54 Å². The monoisotopic (exact) mass is 264 g/mol. The highest BCUT2D eigenvalue weighted by molar-refractivity contribution is 6.58. The van der Waals surface area contributed by atoms with E-state index in [2.05, 4.69) is 37.7 Å². The summed E-state index contributed by atoms with van der Waals surface area (Å²) in [5.74, 6) is 0. The van der Waals surface area contributed by atoms with E-state index >= 15 is 0 Å². The molecule has 0 saturated carbocycles. The molecule has 5 heteroatoms. The topological polar surface area (TPSA) is 46.9 Å². The van der Waals surface area contributed by atoms with Crippen LogP contribution in [0, 0.1) is 0 Å². The van der Waals surface area contributed by atoms with Crippen LogP contribution in [0.15, 0.2) is 24.3 Å². The zero-order chi connectivity index (χ0) is 14.4. The summed E-state index contributed by atoms with van der Waals surface area (Å²) in [6.45, 7) is 7.31. The highest BCUT2D eigenvalue weighted by atomic mass is 16.4. The lowest BCUT2D eigenvalue weighted by Gasteiger charge is -2.30. The maximum atomic E-state index is 9.07. The van der Waals surface area contributed by atoms with E-state index in [1.54, 1.807) is 12.1 Å². The average molecular weight is 264 g/mol. The minimum Gasteiger partial charge on any atom is -0.423 e. The molecule has 0 bridgehead atoms. The van der Waals surface area contributed by atoms with Crippen LogP contribution in [0.1, 0.15) is 19.4 Å². The molecular weight excluding hydrogens is 239 g/mol. The normalized spacial score (nSPS) is 13.1. The van der Waals surface area contributed by atoms with E-state index in [-0.39, 0.29) is 0 Å². The maximum absolute atomic E-state index is 9.07. The van der Waals surface area contributed by atoms with Gasteiger partial charge in [0.15, 0.2) is 0 Å². The molecule has 19 heavy (non-hydrogen) atoms. The second-order valence-electron chi connectivity index (χ2n) is 5.29. The van der Waals surface area contributed by atoms with Crippen molar-refractivity contribution in [2.45, 2.75) is 26.4 Å². The molecule has 1 unspecified atom stereocenters. The lowest BCUT2D eigenvalue weighted by Crippen LogP contribution is -2.39. The van der Waals surface area contributed by atoms with Crippen molar-refractivity contribution in [3.05, 3.63) is 29.8 Å². The molecule has 0 heterocycles. The molecule has 1 atom stereocenters. The van der Waals surface area contributed by atoms with E-state index in [0.717, 1.165) is 19.6 Å². The van der Waals surface area contributed by atoms with Gasteiger partial charge in [0.2, 0.25) is 0 Å². The number of rotatable bonds is 7. The zero-order valence-corrected chi connectivity index (χ0v) is 12.4. The van der Waals surface area contributed by atoms with Gasteiger partial charge in [0, 0.05) is 19.1 Å². The Kier molecular flexibility index (Phi) is 6.52. The fourth-order valence-electron chi connectivity index (χ4n) is 2.25. The summed E-state index contributed by atoms with van der Waals surface area (Å²) in [6, 6.07) is 7.94. The molecule has 0 aliphatic heterocycles. The van der Waals surface area contributed by atoms with Crippen LogP contribution >= 0.6 is 0 Å². The van der Waals surface area contributed by atoms with Gasteiger partial charge < -0.3 is 14.9 Å². The maximum Gasteiger partial charge on any atom is 0.488 e. The second-order valence-corrected chi connectivity index (χ2v) is 5.29. The summed E-state index contributed by atoms with van der Waals surface area (Å²) in [7, 11) is 2.78. The van der Waals surface area contributed by atoms with Gasteiger partial charge in [0.05, 0.1) is 0 Å². The van der Waals surface area contributed by atoms with E-state index in [4.69, 9.17) is 10.0 Å². The van der Waals surface area contributed by atoms with Crippen molar-refractivity contribution >= 4 is 12.6 Å². The first-order valence-corrected chi connectivity index (χ1v) is 6.77. The summed E-state index contributed by atoms with van der Waals surface area (Å²) in [4.78, 5) is 4.60. The predicted molar refractivity (Wildman–Crippen MR) is 80.4 cm³/mol. The van der Waals surface area contributed by atoms with Crippen molar-refractivity contribution in [2.24, 2.45) is 0 Å². The zero-order valence-electron chi connectivity index (χ0n) is 12.4. The molecule has 0 amide bonds. The van der Waals surface area contributed by atoms with Gasteiger partial charge in [-0.2, -0.15) is 0 Å². The van der Waals surface area contributed by atoms with Gasteiger partial charge in [-0.25, -0.2) is 0 Å². The van der Waals surface area contributed by atoms with Gasteiger partial charge in [-0.3, -0.25) is 4.90 Å². The Labute approximate surface area is 116 Å². The van der Waals surface area contributed by atoms with Crippen molar-refractivity contribution in [3.63, 3.8) is 0 Å². The molecular formula is C14H25BN2O2. The molecule has 0 fully saturated rings. The van der Waals surface area contributed by atoms with Crippen molar-refractivity contribution < 1.29 is 10.0 Å². The van der Waals surface area contributed by atoms with Crippen LogP contribution in [0.4, 0.5) is 0 Å². The first kappa shape index (κ1) is 16.2. The lowest BCUT2D eigenvalue weighted by molar-refractivity contribution is 0.174. The summed E-state index contributed by atoms with van der Waals surface area (Å²) in [5, 5.41) is 18.1. The van der Waals surface area contributed by atoms with E-state index in [1.165, 1.54) is 5.56 Å². The van der Waals surface area contributed by atoms with E-state index in [1.807, 2.05) is 12.1 Å². The van der Waals surface area contributed by atoms with Gasteiger partial charge >= 0.3 is 7.12 Å². The Morgan fingerprint density at radius 2 is 1.74 bits per heavy atom. The standard InChI is InChI=1S/C14H25BN2O2/c1-5-17(12(2)10-16(3)4)11-13-6-8-14(9-7-13)15(18)19/h6-9,12,18-19H,5,10-11H2,1-4H3. The molecule has 0 radical (unpaired) electrons. The molecule has 2 N–H and O–H groups in total. The molecule has 106 valence electrons. The number of nitrogens with zero attached hydrogens (tertiary/aromatic N) is 2. The molecule has 1 aromatic rings. The summed E-state index contributed by atoms with van der Waals surface area (Å²) in [5.41, 5.74) is 1.73. The molecule has 0 aromatic heterocycles. The van der Waals surface area contributed by atoms with E-state index in [9.17, 15) is 0 Å². The third-order valence-corrected chi connectivity index (χ3v) is 3.32. The molecule has 0 aliphatic carbocycles. The largest absolute Gasteiger partial charge is 0.488 e. The SMILES string of the molecule is CCN(Cc1ccc(B(O)O)cc1)C(C)CN(C)C. The van der Waals surface area contributed by atoms with Gasteiger partial charge in [-0.15, -0.1) is 0 Å². The number of benzene rings is 1. The Balaban J connectivity index is 2.65. The van der Waals surface area contributed by atoms with Crippen LogP contribution in [0.5, 0.6) is 0 Å². The Morgan fingerprint density at radius 3 is 2.16 bits per heavy atom. The van der Waals surface area contributed by atoms with Gasteiger partial charge in [0.25, 0.3) is 0 Å². The van der Waals surface area contributed by atoms with Gasteiger partial charge in [-0.1, -0.05) is 31.2 Å². The molecule has 0 aliphatic rings. The van der Waals surface area contributed by atoms with E-state index < -0.39 is 7.12 Å². The van der Waals surface area contributed by atoms with Gasteiger partial charge in [0.1, 0.15) is 0 Å². The molecule has 0 saturated heterocycles. The lowest BCUT2D eigenvalue weighted by atomic mass is 9.80. The first-order valence-electron chi connectivity index (χ1n) is 6.77. The average Bonchev–Trinajstić information content (AvgIpc) is 2.35. The molecule has 0 spiro atoms. The highest BCUT2D eigenvalue weighted by Gasteiger charge is 2.14. The first-order chi connectivity index (χ1) is 8.93. The van der Waals surface area contributed by atoms with Crippen molar-refractivity contribution in [1.29, 1.82) is 0 Å². The fourth-order valence-corrected chi connectivity index (χ4v) is 2.25. The third kappa shape index (κ3) is 5.32. The third-order valence-electron chi connectivity index (χ3n) is 3.32. The van der Waals surface area contributed by atoms with E-state index in [0.29, 0.717) is 11.5 Å². The van der Waals surface area contributed by atoms with Gasteiger partial charge in [-0.05, 0) is 38.6 Å². The predicted octanol–water partition coefficient (Wildman–Crippen LogP) is 0.138. The quantitative estimate of drug-likeness (QED) is 0.688. The molecule has 1 rings (SSSR count). The van der Waals surface area contributed by atoms with Crippen molar-refractivity contribution in [1.82, 2.24) is 9.80 Å². The Hall–Kier alpha value is -0.875. The summed E-state index contributed by atoms with van der Waals surface area (Å²) in [6.07, 6.45) is 0. The smallest absolute Gasteiger partial charge is 0.423 e. The minimum absolute atomic E-state index is 0.489.